The SMILES string of the molecule is Cn1c(C(F)(F)F)cc(=O)n(-c2cc(OC3(C(=O)O)CCCC3)c(Cl)cc2F)c1=O. The maximum absolute atomic E-state index is 14.5. The highest BCUT2D eigenvalue weighted by molar-refractivity contribution is 6.32. The van der Waals surface area contributed by atoms with Crippen molar-refractivity contribution < 1.29 is 32.2 Å². The van der Waals surface area contributed by atoms with Gasteiger partial charge in [-0.15, -0.1) is 0 Å². The maximum atomic E-state index is 14.5. The van der Waals surface area contributed by atoms with Gasteiger partial charge in [0.25, 0.3) is 5.56 Å². The third-order valence-corrected chi connectivity index (χ3v) is 5.25. The number of nitrogens with zero attached hydrogens (tertiary/aromatic N) is 2. The number of aromatic nitrogens is 2. The Kier molecular flexibility index (Phi) is 5.44. The van der Waals surface area contributed by atoms with E-state index in [1.165, 1.54) is 0 Å². The van der Waals surface area contributed by atoms with Gasteiger partial charge in [-0.05, 0) is 31.7 Å². The van der Waals surface area contributed by atoms with Crippen molar-refractivity contribution in [3.63, 3.8) is 0 Å². The molecule has 0 aliphatic heterocycles. The fourth-order valence-corrected chi connectivity index (χ4v) is 3.59. The van der Waals surface area contributed by atoms with Crippen LogP contribution in [0.3, 0.4) is 0 Å². The molecule has 0 saturated heterocycles. The lowest BCUT2D eigenvalue weighted by Crippen LogP contribution is -2.42. The van der Waals surface area contributed by atoms with Crippen LogP contribution < -0.4 is 16.0 Å². The van der Waals surface area contributed by atoms with E-state index in [4.69, 9.17) is 16.3 Å². The number of carbonyl (C=O) groups is 1. The predicted molar refractivity (Wildman–Crippen MR) is 96.7 cm³/mol. The molecule has 1 aromatic heterocycles. The lowest BCUT2D eigenvalue weighted by molar-refractivity contribution is -0.154. The summed E-state index contributed by atoms with van der Waals surface area (Å²) in [6.07, 6.45) is -3.52. The number of benzene rings is 1. The van der Waals surface area contributed by atoms with Gasteiger partial charge in [0.05, 0.1) is 10.7 Å². The summed E-state index contributed by atoms with van der Waals surface area (Å²) in [4.78, 5) is 36.3. The molecule has 1 saturated carbocycles. The van der Waals surface area contributed by atoms with Crippen molar-refractivity contribution in [2.75, 3.05) is 0 Å². The van der Waals surface area contributed by atoms with E-state index < -0.39 is 46.2 Å². The highest BCUT2D eigenvalue weighted by atomic mass is 35.5. The van der Waals surface area contributed by atoms with Crippen molar-refractivity contribution in [3.8, 4) is 11.4 Å². The van der Waals surface area contributed by atoms with Gasteiger partial charge in [-0.3, -0.25) is 9.36 Å². The Morgan fingerprint density at radius 2 is 1.80 bits per heavy atom. The second-order valence-electron chi connectivity index (χ2n) is 6.89. The smallest absolute Gasteiger partial charge is 0.431 e. The minimum atomic E-state index is -4.98. The lowest BCUT2D eigenvalue weighted by atomic mass is 10.0. The molecule has 3 rings (SSSR count). The average Bonchev–Trinajstić information content (AvgIpc) is 3.11. The third kappa shape index (κ3) is 3.69. The van der Waals surface area contributed by atoms with Gasteiger partial charge in [0.1, 0.15) is 17.3 Å². The fraction of sp³-hybridized carbons (Fsp3) is 0.389. The van der Waals surface area contributed by atoms with Crippen LogP contribution in [0.4, 0.5) is 17.6 Å². The van der Waals surface area contributed by atoms with Gasteiger partial charge in [-0.2, -0.15) is 13.2 Å². The Morgan fingerprint density at radius 1 is 1.20 bits per heavy atom. The molecule has 30 heavy (non-hydrogen) atoms. The average molecular weight is 451 g/mol. The van der Waals surface area contributed by atoms with Gasteiger partial charge >= 0.3 is 17.8 Å². The summed E-state index contributed by atoms with van der Waals surface area (Å²) in [5.74, 6) is -2.75. The van der Waals surface area contributed by atoms with Crippen LogP contribution in [-0.2, 0) is 18.0 Å². The van der Waals surface area contributed by atoms with Crippen LogP contribution in [0.5, 0.6) is 5.75 Å². The maximum Gasteiger partial charge on any atom is 0.431 e. The molecule has 0 spiro atoms. The first-order chi connectivity index (χ1) is 13.9. The zero-order chi connectivity index (χ0) is 22.4. The first-order valence-electron chi connectivity index (χ1n) is 8.69. The van der Waals surface area contributed by atoms with E-state index in [1.807, 2.05) is 0 Å². The van der Waals surface area contributed by atoms with Gasteiger partial charge in [0, 0.05) is 19.2 Å². The summed E-state index contributed by atoms with van der Waals surface area (Å²) in [6.45, 7) is 0. The number of alkyl halides is 3. The van der Waals surface area contributed by atoms with Crippen molar-refractivity contribution in [1.29, 1.82) is 0 Å². The molecule has 12 heteroatoms. The third-order valence-electron chi connectivity index (χ3n) is 4.96. The normalized spacial score (nSPS) is 15.9. The topological polar surface area (TPSA) is 90.5 Å². The van der Waals surface area contributed by atoms with Crippen LogP contribution >= 0.6 is 11.6 Å². The van der Waals surface area contributed by atoms with E-state index >= 15 is 0 Å². The summed E-state index contributed by atoms with van der Waals surface area (Å²) >= 11 is 5.95. The van der Waals surface area contributed by atoms with Crippen LogP contribution in [0.2, 0.25) is 5.02 Å². The van der Waals surface area contributed by atoms with Crippen LogP contribution in [0.25, 0.3) is 5.69 Å². The van der Waals surface area contributed by atoms with Crippen LogP contribution in [0.15, 0.2) is 27.8 Å². The van der Waals surface area contributed by atoms with Crippen molar-refractivity contribution in [3.05, 3.63) is 55.6 Å². The monoisotopic (exact) mass is 450 g/mol. The molecule has 1 aliphatic carbocycles. The number of halogens is 5. The molecule has 1 fully saturated rings. The van der Waals surface area contributed by atoms with E-state index in [1.54, 1.807) is 0 Å². The fourth-order valence-electron chi connectivity index (χ4n) is 3.40. The van der Waals surface area contributed by atoms with E-state index in [0.29, 0.717) is 18.9 Å². The quantitative estimate of drug-likeness (QED) is 0.723. The number of hydrogen-bond donors (Lipinski definition) is 1. The zero-order valence-corrected chi connectivity index (χ0v) is 16.2. The number of rotatable bonds is 4. The molecular weight excluding hydrogens is 436 g/mol. The van der Waals surface area contributed by atoms with Crippen LogP contribution in [0.1, 0.15) is 31.4 Å². The summed E-state index contributed by atoms with van der Waals surface area (Å²) in [7, 11) is 0.782. The number of hydrogen-bond acceptors (Lipinski definition) is 4. The van der Waals surface area contributed by atoms with E-state index in [0.717, 1.165) is 13.1 Å². The number of carboxylic acids is 1. The molecular formula is C18H15ClF4N2O5. The Bertz CT molecular complexity index is 1130. The Morgan fingerprint density at radius 3 is 2.33 bits per heavy atom. The number of ether oxygens (including phenoxy) is 1. The minimum absolute atomic E-state index is 0.158. The second kappa shape index (κ2) is 7.46. The van der Waals surface area contributed by atoms with Crippen molar-refractivity contribution in [2.24, 2.45) is 7.05 Å². The summed E-state index contributed by atoms with van der Waals surface area (Å²) < 4.78 is 59.5. The largest absolute Gasteiger partial charge is 0.478 e. The number of aliphatic carboxylic acids is 1. The van der Waals surface area contributed by atoms with Crippen molar-refractivity contribution in [1.82, 2.24) is 9.13 Å². The van der Waals surface area contributed by atoms with Crippen LogP contribution in [0, 0.1) is 5.82 Å². The van der Waals surface area contributed by atoms with Gasteiger partial charge in [-0.1, -0.05) is 11.6 Å². The first kappa shape index (κ1) is 21.9. The van der Waals surface area contributed by atoms with Gasteiger partial charge in [-0.25, -0.2) is 18.5 Å². The predicted octanol–water partition coefficient (Wildman–Crippen LogP) is 3.12. The zero-order valence-electron chi connectivity index (χ0n) is 15.4. The van der Waals surface area contributed by atoms with Gasteiger partial charge in [0.2, 0.25) is 5.60 Å². The van der Waals surface area contributed by atoms with Gasteiger partial charge < -0.3 is 9.84 Å². The molecule has 7 nitrogen and oxygen atoms in total. The molecule has 1 aliphatic rings. The van der Waals surface area contributed by atoms with Crippen LogP contribution in [-0.4, -0.2) is 25.8 Å². The van der Waals surface area contributed by atoms with Gasteiger partial charge in [0.15, 0.2) is 0 Å². The highest BCUT2D eigenvalue weighted by Crippen LogP contribution is 2.38. The Labute approximate surface area is 171 Å². The molecule has 0 amide bonds. The molecule has 0 unspecified atom stereocenters. The second-order valence-corrected chi connectivity index (χ2v) is 7.29. The standard InChI is InChI=1S/C18H15ClF4N2O5/c1-24-13(18(21,22)23)8-14(26)25(16(24)29)11-7-12(9(19)6-10(11)20)30-17(15(27)28)4-2-3-5-17/h6-8H,2-5H2,1H3,(H,27,28). The van der Waals surface area contributed by atoms with Crippen molar-refractivity contribution in [2.45, 2.75) is 37.5 Å². The van der Waals surface area contributed by atoms with E-state index in [2.05, 4.69) is 0 Å². The molecule has 0 atom stereocenters. The summed E-state index contributed by atoms with van der Waals surface area (Å²) in [5.41, 5.74) is -6.71. The molecule has 0 bridgehead atoms. The lowest BCUT2D eigenvalue weighted by Gasteiger charge is -2.26. The first-order valence-corrected chi connectivity index (χ1v) is 9.07. The molecule has 0 radical (unpaired) electrons. The Balaban J connectivity index is 2.18. The molecule has 1 aromatic carbocycles. The molecule has 1 N–H and O–H groups in total. The van der Waals surface area contributed by atoms with E-state index in [9.17, 15) is 37.1 Å². The number of carboxylic acid groups (broad SMARTS) is 1. The highest BCUT2D eigenvalue weighted by Gasteiger charge is 2.44. The minimum Gasteiger partial charge on any atom is -0.478 e. The molecule has 162 valence electrons. The van der Waals surface area contributed by atoms with E-state index in [-0.39, 0.29) is 38.8 Å². The summed E-state index contributed by atoms with van der Waals surface area (Å²) in [5, 5.41) is 9.21. The summed E-state index contributed by atoms with van der Waals surface area (Å²) in [6, 6.07) is 1.68. The van der Waals surface area contributed by atoms with Crippen molar-refractivity contribution >= 4 is 17.6 Å². The Hall–Kier alpha value is -2.82. The molecule has 2 aromatic rings. The molecule has 1 heterocycles.